The first kappa shape index (κ1) is 9.03. The van der Waals surface area contributed by atoms with Crippen molar-refractivity contribution in [1.29, 1.82) is 0 Å². The first-order valence-electron chi connectivity index (χ1n) is 4.07. The van der Waals surface area contributed by atoms with E-state index in [4.69, 9.17) is 10.7 Å². The third-order valence-corrected chi connectivity index (χ3v) is 1.45. The van der Waals surface area contributed by atoms with Crippen molar-refractivity contribution in [3.05, 3.63) is 30.3 Å². The average Bonchev–Trinajstić information content (AvgIpc) is 2.15. The maximum Gasteiger partial charge on any atom is 0.0820 e. The summed E-state index contributed by atoms with van der Waals surface area (Å²) in [4.78, 5) is 5.19. The van der Waals surface area contributed by atoms with Gasteiger partial charge in [-0.3, -0.25) is 4.84 Å². The van der Waals surface area contributed by atoms with E-state index in [0.29, 0.717) is 6.61 Å². The number of anilines is 1. The normalized spacial score (nSPS) is 9.83. The fraction of sp³-hybridized carbons (Fsp3) is 0.333. The summed E-state index contributed by atoms with van der Waals surface area (Å²) in [7, 11) is 0. The molecule has 0 aromatic heterocycles. The second-order valence-corrected chi connectivity index (χ2v) is 2.49. The molecular formula is C9H14N2O. The van der Waals surface area contributed by atoms with Crippen LogP contribution in [0.1, 0.15) is 13.3 Å². The molecule has 0 bridgehead atoms. The van der Waals surface area contributed by atoms with Crippen LogP contribution in [0.15, 0.2) is 30.3 Å². The number of benzene rings is 1. The Kier molecular flexibility index (Phi) is 3.57. The van der Waals surface area contributed by atoms with Gasteiger partial charge in [0, 0.05) is 0 Å². The van der Waals surface area contributed by atoms with Gasteiger partial charge in [-0.05, 0) is 18.6 Å². The number of nitrogens with zero attached hydrogens (tertiary/aromatic N) is 1. The second-order valence-electron chi connectivity index (χ2n) is 2.49. The Morgan fingerprint density at radius 3 is 2.58 bits per heavy atom. The number of rotatable bonds is 4. The predicted molar refractivity (Wildman–Crippen MR) is 49.4 cm³/mol. The Bertz CT molecular complexity index is 213. The molecule has 66 valence electrons. The van der Waals surface area contributed by atoms with Crippen molar-refractivity contribution in [2.75, 3.05) is 11.8 Å². The van der Waals surface area contributed by atoms with Gasteiger partial charge < -0.3 is 0 Å². The first-order chi connectivity index (χ1) is 5.84. The largest absolute Gasteiger partial charge is 0.258 e. The van der Waals surface area contributed by atoms with Crippen LogP contribution in [0.3, 0.4) is 0 Å². The lowest BCUT2D eigenvalue weighted by Gasteiger charge is -2.16. The van der Waals surface area contributed by atoms with Crippen LogP contribution in [-0.2, 0) is 4.84 Å². The van der Waals surface area contributed by atoms with Crippen molar-refractivity contribution in [2.24, 2.45) is 5.84 Å². The molecule has 0 atom stereocenters. The number of hydrazine groups is 1. The monoisotopic (exact) mass is 166 g/mol. The van der Waals surface area contributed by atoms with Crippen molar-refractivity contribution in [3.63, 3.8) is 0 Å². The van der Waals surface area contributed by atoms with Gasteiger partial charge in [-0.25, -0.2) is 5.84 Å². The SMILES string of the molecule is CCCON(N)c1ccccc1. The minimum absolute atomic E-state index is 0.644. The van der Waals surface area contributed by atoms with Crippen LogP contribution < -0.4 is 11.0 Å². The Morgan fingerprint density at radius 2 is 2.00 bits per heavy atom. The van der Waals surface area contributed by atoms with Crippen LogP contribution in [0.4, 0.5) is 5.69 Å². The highest BCUT2D eigenvalue weighted by atomic mass is 16.7. The summed E-state index contributed by atoms with van der Waals surface area (Å²) >= 11 is 0. The molecule has 0 saturated heterocycles. The van der Waals surface area contributed by atoms with Crippen LogP contribution in [0, 0.1) is 0 Å². The van der Waals surface area contributed by atoms with Gasteiger partial charge in [0.15, 0.2) is 0 Å². The third kappa shape index (κ3) is 2.53. The molecule has 0 fully saturated rings. The summed E-state index contributed by atoms with van der Waals surface area (Å²) in [6, 6.07) is 9.58. The molecule has 12 heavy (non-hydrogen) atoms. The summed E-state index contributed by atoms with van der Waals surface area (Å²) in [5, 5.41) is 1.30. The number of nitrogens with two attached hydrogens (primary N) is 1. The molecule has 0 heterocycles. The molecule has 0 saturated carbocycles. The van der Waals surface area contributed by atoms with Gasteiger partial charge in [0.25, 0.3) is 0 Å². The van der Waals surface area contributed by atoms with Crippen molar-refractivity contribution >= 4 is 5.69 Å². The van der Waals surface area contributed by atoms with Crippen LogP contribution in [-0.4, -0.2) is 6.61 Å². The lowest BCUT2D eigenvalue weighted by atomic mass is 10.3. The van der Waals surface area contributed by atoms with E-state index in [-0.39, 0.29) is 0 Å². The van der Waals surface area contributed by atoms with Crippen molar-refractivity contribution in [3.8, 4) is 0 Å². The molecule has 0 aliphatic heterocycles. The van der Waals surface area contributed by atoms with Crippen LogP contribution in [0.2, 0.25) is 0 Å². The van der Waals surface area contributed by atoms with Crippen LogP contribution in [0.5, 0.6) is 0 Å². The average molecular weight is 166 g/mol. The molecule has 0 unspecified atom stereocenters. The molecular weight excluding hydrogens is 152 g/mol. The Hall–Kier alpha value is -1.06. The van der Waals surface area contributed by atoms with Gasteiger partial charge >= 0.3 is 0 Å². The summed E-state index contributed by atoms with van der Waals surface area (Å²) in [6.45, 7) is 2.68. The Balaban J connectivity index is 2.48. The molecule has 1 rings (SSSR count). The van der Waals surface area contributed by atoms with Gasteiger partial charge in [-0.1, -0.05) is 25.1 Å². The van der Waals surface area contributed by atoms with E-state index < -0.39 is 0 Å². The van der Waals surface area contributed by atoms with Gasteiger partial charge in [-0.15, -0.1) is 0 Å². The standard InChI is InChI=1S/C9H14N2O/c1-2-8-12-11(10)9-6-4-3-5-7-9/h3-7H,2,8,10H2,1H3. The highest BCUT2D eigenvalue weighted by Gasteiger charge is 1.98. The van der Waals surface area contributed by atoms with Gasteiger partial charge in [0.2, 0.25) is 0 Å². The van der Waals surface area contributed by atoms with E-state index >= 15 is 0 Å². The lowest BCUT2D eigenvalue weighted by Crippen LogP contribution is -2.31. The predicted octanol–water partition coefficient (Wildman–Crippen LogP) is 1.71. The van der Waals surface area contributed by atoms with Crippen LogP contribution >= 0.6 is 0 Å². The highest BCUT2D eigenvalue weighted by molar-refractivity contribution is 5.41. The van der Waals surface area contributed by atoms with E-state index in [9.17, 15) is 0 Å². The molecule has 1 aromatic rings. The number of para-hydroxylation sites is 1. The zero-order valence-corrected chi connectivity index (χ0v) is 7.23. The molecule has 3 nitrogen and oxygen atoms in total. The van der Waals surface area contributed by atoms with E-state index in [1.807, 2.05) is 37.3 Å². The summed E-state index contributed by atoms with van der Waals surface area (Å²) in [5.41, 5.74) is 0.867. The number of hydrogen-bond donors (Lipinski definition) is 1. The van der Waals surface area contributed by atoms with Crippen molar-refractivity contribution in [2.45, 2.75) is 13.3 Å². The van der Waals surface area contributed by atoms with E-state index in [1.165, 1.54) is 5.17 Å². The molecule has 1 aromatic carbocycles. The first-order valence-corrected chi connectivity index (χ1v) is 4.07. The van der Waals surface area contributed by atoms with E-state index in [0.717, 1.165) is 12.1 Å². The topological polar surface area (TPSA) is 38.5 Å². The fourth-order valence-corrected chi connectivity index (χ4v) is 0.839. The molecule has 2 N–H and O–H groups in total. The van der Waals surface area contributed by atoms with E-state index in [2.05, 4.69) is 0 Å². The highest BCUT2D eigenvalue weighted by Crippen LogP contribution is 2.08. The molecule has 0 amide bonds. The summed E-state index contributed by atoms with van der Waals surface area (Å²) in [5.74, 6) is 5.59. The molecule has 0 radical (unpaired) electrons. The number of hydrogen-bond acceptors (Lipinski definition) is 3. The molecule has 0 aliphatic carbocycles. The molecule has 3 heteroatoms. The van der Waals surface area contributed by atoms with Crippen molar-refractivity contribution in [1.82, 2.24) is 0 Å². The van der Waals surface area contributed by atoms with Crippen molar-refractivity contribution < 1.29 is 4.84 Å². The summed E-state index contributed by atoms with van der Waals surface area (Å²) in [6.07, 6.45) is 0.959. The smallest absolute Gasteiger partial charge is 0.0820 e. The zero-order valence-electron chi connectivity index (χ0n) is 7.23. The lowest BCUT2D eigenvalue weighted by molar-refractivity contribution is 0.109. The molecule has 0 aliphatic rings. The minimum atomic E-state index is 0.644. The Morgan fingerprint density at radius 1 is 1.33 bits per heavy atom. The quantitative estimate of drug-likeness (QED) is 0.546. The van der Waals surface area contributed by atoms with E-state index in [1.54, 1.807) is 0 Å². The second kappa shape index (κ2) is 4.74. The molecule has 0 spiro atoms. The van der Waals surface area contributed by atoms with Crippen LogP contribution in [0.25, 0.3) is 0 Å². The van der Waals surface area contributed by atoms with Gasteiger partial charge in [-0.2, -0.15) is 5.17 Å². The third-order valence-electron chi connectivity index (χ3n) is 1.45. The maximum absolute atomic E-state index is 5.59. The fourth-order valence-electron chi connectivity index (χ4n) is 0.839. The Labute approximate surface area is 72.7 Å². The van der Waals surface area contributed by atoms with Gasteiger partial charge in [0.1, 0.15) is 0 Å². The zero-order chi connectivity index (χ0) is 8.81. The minimum Gasteiger partial charge on any atom is -0.258 e. The summed E-state index contributed by atoms with van der Waals surface area (Å²) < 4.78 is 0. The van der Waals surface area contributed by atoms with Gasteiger partial charge in [0.05, 0.1) is 12.3 Å². The maximum atomic E-state index is 5.59.